The summed E-state index contributed by atoms with van der Waals surface area (Å²) in [4.78, 5) is 28.9. The van der Waals surface area contributed by atoms with Crippen LogP contribution in [0.25, 0.3) is 0 Å². The second-order valence-electron chi connectivity index (χ2n) is 8.85. The molecule has 0 aromatic carbocycles. The predicted molar refractivity (Wildman–Crippen MR) is 110 cm³/mol. The third-order valence-electron chi connectivity index (χ3n) is 6.64. The number of nitrogens with zero attached hydrogens (tertiary/aromatic N) is 3. The van der Waals surface area contributed by atoms with Gasteiger partial charge in [-0.25, -0.2) is 4.31 Å². The van der Waals surface area contributed by atoms with Crippen LogP contribution < -0.4 is 5.32 Å². The Hall–Kier alpha value is -0.790. The van der Waals surface area contributed by atoms with Gasteiger partial charge < -0.3 is 15.1 Å². The summed E-state index contributed by atoms with van der Waals surface area (Å²) in [5.74, 6) is 0.548. The van der Waals surface area contributed by atoms with E-state index < -0.39 is 0 Å². The van der Waals surface area contributed by atoms with Gasteiger partial charge in [0.15, 0.2) is 0 Å². The molecule has 2 heterocycles. The van der Waals surface area contributed by atoms with Gasteiger partial charge in [-0.1, -0.05) is 25.8 Å². The number of hydrogen-bond donors (Lipinski definition) is 1. The van der Waals surface area contributed by atoms with Gasteiger partial charge in [-0.05, 0) is 37.4 Å². The minimum atomic E-state index is 0.0599. The molecular formula is C20H36N4O2S. The zero-order chi connectivity index (χ0) is 19.4. The zero-order valence-corrected chi connectivity index (χ0v) is 18.0. The van der Waals surface area contributed by atoms with Crippen LogP contribution in [0.1, 0.15) is 46.0 Å². The molecule has 6 nitrogen and oxygen atoms in total. The van der Waals surface area contributed by atoms with Crippen molar-refractivity contribution in [3.05, 3.63) is 0 Å². The molecule has 7 heteroatoms. The lowest BCUT2D eigenvalue weighted by Crippen LogP contribution is -2.56. The molecule has 2 saturated heterocycles. The Morgan fingerprint density at radius 1 is 1.07 bits per heavy atom. The highest BCUT2D eigenvalue weighted by atomic mass is 32.2. The van der Waals surface area contributed by atoms with Crippen LogP contribution in [0.2, 0.25) is 0 Å². The van der Waals surface area contributed by atoms with Crippen LogP contribution in [-0.4, -0.2) is 84.0 Å². The number of piperazine rings is 1. The fourth-order valence-electron chi connectivity index (χ4n) is 4.64. The number of rotatable bonds is 6. The first kappa shape index (κ1) is 20.9. The standard InChI is InChI=1S/C20H36N4O2S/c1-16(2)19(26)21-17-14-20(15-17)5-8-23(9-6-20)18(25)4-7-22-10-12-24(27-3)13-11-22/h16-17H,4-15H2,1-3H3,(H,21,26). The third-order valence-corrected chi connectivity index (χ3v) is 7.52. The molecule has 0 radical (unpaired) electrons. The Morgan fingerprint density at radius 3 is 2.26 bits per heavy atom. The summed E-state index contributed by atoms with van der Waals surface area (Å²) >= 11 is 1.82. The van der Waals surface area contributed by atoms with Crippen LogP contribution in [0.4, 0.5) is 0 Å². The van der Waals surface area contributed by atoms with Gasteiger partial charge in [-0.15, -0.1) is 0 Å². The lowest BCUT2D eigenvalue weighted by Gasteiger charge is -2.52. The van der Waals surface area contributed by atoms with Crippen molar-refractivity contribution in [2.45, 2.75) is 52.0 Å². The third kappa shape index (κ3) is 5.39. The van der Waals surface area contributed by atoms with Crippen molar-refractivity contribution in [2.24, 2.45) is 11.3 Å². The Morgan fingerprint density at radius 2 is 1.70 bits per heavy atom. The highest BCUT2D eigenvalue weighted by Crippen LogP contribution is 2.49. The second kappa shape index (κ2) is 9.14. The Bertz CT molecular complexity index is 518. The maximum Gasteiger partial charge on any atom is 0.223 e. The van der Waals surface area contributed by atoms with Crippen molar-refractivity contribution in [1.82, 2.24) is 19.4 Å². The first-order valence-electron chi connectivity index (χ1n) is 10.5. The van der Waals surface area contributed by atoms with Crippen LogP contribution in [0.5, 0.6) is 0 Å². The van der Waals surface area contributed by atoms with Gasteiger partial charge in [-0.3, -0.25) is 9.59 Å². The number of carbonyl (C=O) groups is 2. The van der Waals surface area contributed by atoms with E-state index in [1.54, 1.807) is 0 Å². The van der Waals surface area contributed by atoms with Crippen LogP contribution in [-0.2, 0) is 9.59 Å². The first-order chi connectivity index (χ1) is 12.9. The molecule has 1 spiro atoms. The van der Waals surface area contributed by atoms with Crippen molar-refractivity contribution < 1.29 is 9.59 Å². The molecule has 27 heavy (non-hydrogen) atoms. The normalized spacial score (nSPS) is 24.2. The van der Waals surface area contributed by atoms with E-state index in [-0.39, 0.29) is 11.8 Å². The van der Waals surface area contributed by atoms with Gasteiger partial charge in [0.25, 0.3) is 0 Å². The number of nitrogens with one attached hydrogen (secondary N) is 1. The molecule has 1 N–H and O–H groups in total. The number of likely N-dealkylation sites (tertiary alicyclic amines) is 1. The van der Waals surface area contributed by atoms with E-state index in [0.717, 1.165) is 71.5 Å². The molecule has 2 aliphatic heterocycles. The minimum Gasteiger partial charge on any atom is -0.353 e. The summed E-state index contributed by atoms with van der Waals surface area (Å²) < 4.78 is 2.39. The molecule has 3 aliphatic rings. The van der Waals surface area contributed by atoms with E-state index in [4.69, 9.17) is 0 Å². The summed E-state index contributed by atoms with van der Waals surface area (Å²) in [5.41, 5.74) is 0.375. The van der Waals surface area contributed by atoms with Gasteiger partial charge in [0.05, 0.1) is 0 Å². The molecule has 0 aromatic heterocycles. The quantitative estimate of drug-likeness (QED) is 0.694. The summed E-state index contributed by atoms with van der Waals surface area (Å²) in [7, 11) is 0. The van der Waals surface area contributed by atoms with Crippen LogP contribution in [0, 0.1) is 11.3 Å². The van der Waals surface area contributed by atoms with Crippen LogP contribution in [0.15, 0.2) is 0 Å². The van der Waals surface area contributed by atoms with E-state index in [1.807, 2.05) is 25.8 Å². The van der Waals surface area contributed by atoms with E-state index in [1.165, 1.54) is 0 Å². The van der Waals surface area contributed by atoms with Crippen LogP contribution in [0.3, 0.4) is 0 Å². The number of hydrogen-bond acceptors (Lipinski definition) is 5. The van der Waals surface area contributed by atoms with Crippen molar-refractivity contribution >= 4 is 23.8 Å². The topological polar surface area (TPSA) is 55.9 Å². The molecule has 1 aliphatic carbocycles. The van der Waals surface area contributed by atoms with Crippen molar-refractivity contribution in [3.63, 3.8) is 0 Å². The number of carbonyl (C=O) groups excluding carboxylic acids is 2. The maximum absolute atomic E-state index is 12.6. The second-order valence-corrected chi connectivity index (χ2v) is 9.73. The smallest absolute Gasteiger partial charge is 0.223 e. The first-order valence-corrected chi connectivity index (χ1v) is 11.7. The van der Waals surface area contributed by atoms with E-state index in [2.05, 4.69) is 25.7 Å². The van der Waals surface area contributed by atoms with Gasteiger partial charge >= 0.3 is 0 Å². The summed E-state index contributed by atoms with van der Waals surface area (Å²) in [6.07, 6.45) is 7.16. The maximum atomic E-state index is 12.6. The summed E-state index contributed by atoms with van der Waals surface area (Å²) in [6, 6.07) is 0.349. The summed E-state index contributed by atoms with van der Waals surface area (Å²) in [6.45, 7) is 10.9. The molecule has 3 rings (SSSR count). The number of piperidine rings is 1. The monoisotopic (exact) mass is 396 g/mol. The lowest BCUT2D eigenvalue weighted by atomic mass is 9.60. The molecule has 3 fully saturated rings. The van der Waals surface area contributed by atoms with Crippen molar-refractivity contribution in [3.8, 4) is 0 Å². The Balaban J connectivity index is 1.33. The number of amides is 2. The minimum absolute atomic E-state index is 0.0599. The van der Waals surface area contributed by atoms with E-state index >= 15 is 0 Å². The molecule has 0 bridgehead atoms. The molecule has 154 valence electrons. The highest BCUT2D eigenvalue weighted by Gasteiger charge is 2.46. The lowest BCUT2D eigenvalue weighted by molar-refractivity contribution is -0.135. The average molecular weight is 397 g/mol. The largest absolute Gasteiger partial charge is 0.353 e. The van der Waals surface area contributed by atoms with E-state index in [0.29, 0.717) is 23.8 Å². The molecule has 0 aromatic rings. The molecule has 2 amide bonds. The average Bonchev–Trinajstić information content (AvgIpc) is 2.65. The Kier molecular flexibility index (Phi) is 7.08. The fraction of sp³-hybridized carbons (Fsp3) is 0.900. The van der Waals surface area contributed by atoms with E-state index in [9.17, 15) is 9.59 Å². The fourth-order valence-corrected chi connectivity index (χ4v) is 5.17. The summed E-state index contributed by atoms with van der Waals surface area (Å²) in [5, 5.41) is 3.16. The van der Waals surface area contributed by atoms with Gasteiger partial charge in [0, 0.05) is 64.2 Å². The van der Waals surface area contributed by atoms with Gasteiger partial charge in [-0.2, -0.15) is 0 Å². The zero-order valence-electron chi connectivity index (χ0n) is 17.2. The van der Waals surface area contributed by atoms with Crippen LogP contribution >= 0.6 is 11.9 Å². The Labute approximate surface area is 168 Å². The highest BCUT2D eigenvalue weighted by molar-refractivity contribution is 7.96. The molecular weight excluding hydrogens is 360 g/mol. The molecule has 0 unspecified atom stereocenters. The molecule has 1 saturated carbocycles. The van der Waals surface area contributed by atoms with Crippen molar-refractivity contribution in [1.29, 1.82) is 0 Å². The SMILES string of the molecule is CSN1CCN(CCC(=O)N2CCC3(CC2)CC(NC(=O)C(C)C)C3)CC1. The predicted octanol–water partition coefficient (Wildman–Crippen LogP) is 1.82. The van der Waals surface area contributed by atoms with Gasteiger partial charge in [0.1, 0.15) is 0 Å². The van der Waals surface area contributed by atoms with Crippen molar-refractivity contribution in [2.75, 3.05) is 52.1 Å². The molecule has 0 atom stereocenters. The van der Waals surface area contributed by atoms with Gasteiger partial charge in [0.2, 0.25) is 11.8 Å².